The Kier molecular flexibility index (Phi) is 65.8. The fourth-order valence-electron chi connectivity index (χ4n) is 12.7. The molecule has 1 N–H and O–H groups in total. The first-order valence-corrected chi connectivity index (χ1v) is 41.0. The maximum atomic E-state index is 12.0. The zero-order valence-corrected chi connectivity index (χ0v) is 72.5. The van der Waals surface area contributed by atoms with Gasteiger partial charge in [0, 0.05) is 39.3 Å². The van der Waals surface area contributed by atoms with Gasteiger partial charge in [-0.25, -0.2) is 8.78 Å². The van der Waals surface area contributed by atoms with Gasteiger partial charge in [0.25, 0.3) is 5.92 Å². The number of rotatable bonds is 20. The van der Waals surface area contributed by atoms with Crippen LogP contribution in [-0.2, 0) is 23.7 Å². The van der Waals surface area contributed by atoms with Crippen LogP contribution >= 0.6 is 0 Å². The molecule has 0 unspecified atom stereocenters. The number of hydrogen-bond donors (Lipinski definition) is 1. The highest BCUT2D eigenvalue weighted by atomic mass is 19.3. The Hall–Kier alpha value is -0.500. The van der Waals surface area contributed by atoms with Crippen LogP contribution in [0.25, 0.3) is 0 Å². The van der Waals surface area contributed by atoms with E-state index in [-0.39, 0.29) is 34.6 Å². The Morgan fingerprint density at radius 2 is 0.711 bits per heavy atom. The Morgan fingerprint density at radius 1 is 0.412 bits per heavy atom. The summed E-state index contributed by atoms with van der Waals surface area (Å²) in [5, 5.41) is 9.95. The minimum absolute atomic E-state index is 0.0417. The molecule has 3 heterocycles. The van der Waals surface area contributed by atoms with E-state index in [2.05, 4.69) is 193 Å². The van der Waals surface area contributed by atoms with Crippen LogP contribution in [0.2, 0.25) is 0 Å². The molecule has 3 aliphatic carbocycles. The molecule has 0 aromatic rings. The maximum Gasteiger partial charge on any atom is 0.268 e. The summed E-state index contributed by atoms with van der Waals surface area (Å²) in [5.74, 6) is 4.07. The molecule has 0 bridgehead atoms. The van der Waals surface area contributed by atoms with Crippen molar-refractivity contribution in [3.05, 3.63) is 0 Å². The fourth-order valence-corrected chi connectivity index (χ4v) is 12.7. The quantitative estimate of drug-likeness (QED) is 0.128. The molecular weight excluding hydrogens is 1210 g/mol. The van der Waals surface area contributed by atoms with E-state index >= 15 is 0 Å². The van der Waals surface area contributed by atoms with Crippen molar-refractivity contribution < 1.29 is 37.6 Å². The summed E-state index contributed by atoms with van der Waals surface area (Å²) in [7, 11) is 3.44. The van der Waals surface area contributed by atoms with Crippen molar-refractivity contribution in [3.8, 4) is 0 Å². The van der Waals surface area contributed by atoms with Gasteiger partial charge in [-0.3, -0.25) is 0 Å². The highest BCUT2D eigenvalue weighted by molar-refractivity contribution is 4.85. The molecule has 6 fully saturated rings. The van der Waals surface area contributed by atoms with E-state index in [9.17, 15) is 13.9 Å². The zero-order valence-electron chi connectivity index (χ0n) is 72.5. The van der Waals surface area contributed by atoms with E-state index in [1.54, 1.807) is 28.1 Å². The average Bonchev–Trinajstić information content (AvgIpc) is 1.33. The predicted molar refractivity (Wildman–Crippen MR) is 427 cm³/mol. The second kappa shape index (κ2) is 60.7. The van der Waals surface area contributed by atoms with Gasteiger partial charge in [0.1, 0.15) is 6.61 Å². The normalized spacial score (nSPS) is 18.5. The summed E-state index contributed by atoms with van der Waals surface area (Å²) in [6.07, 6.45) is 35.0. The van der Waals surface area contributed by atoms with Crippen molar-refractivity contribution in [2.45, 2.75) is 447 Å². The summed E-state index contributed by atoms with van der Waals surface area (Å²) >= 11 is 0. The molecule has 0 amide bonds. The Morgan fingerprint density at radius 3 is 0.866 bits per heavy atom. The van der Waals surface area contributed by atoms with Gasteiger partial charge in [-0.15, -0.1) is 0 Å². The smallest absolute Gasteiger partial charge is 0.268 e. The number of ether oxygens (including phenoxy) is 5. The number of methoxy groups -OCH3 is 2. The van der Waals surface area contributed by atoms with Crippen molar-refractivity contribution in [3.63, 3.8) is 0 Å². The third kappa shape index (κ3) is 68.4. The molecular formula is C86H183F2N3O6. The minimum Gasteiger partial charge on any atom is -0.390 e. The zero-order chi connectivity index (χ0) is 76.2. The minimum atomic E-state index is -2.69. The lowest BCUT2D eigenvalue weighted by Crippen LogP contribution is -2.36. The van der Waals surface area contributed by atoms with Gasteiger partial charge in [0.05, 0.1) is 47.3 Å². The molecule has 0 aromatic carbocycles. The number of nitrogens with zero attached hydrogens (tertiary/aromatic N) is 3. The number of likely N-dealkylation sites (tertiary alicyclic amines) is 3. The Bertz CT molecular complexity index is 1530. The summed E-state index contributed by atoms with van der Waals surface area (Å²) in [5.41, 5.74) is -0.366. The van der Waals surface area contributed by atoms with Gasteiger partial charge in [-0.05, 0) is 275 Å². The Balaban J connectivity index is -0.000000320. The molecule has 0 spiro atoms. The molecule has 9 nitrogen and oxygen atoms in total. The lowest BCUT2D eigenvalue weighted by molar-refractivity contribution is -0.0927. The van der Waals surface area contributed by atoms with E-state index < -0.39 is 12.5 Å². The van der Waals surface area contributed by atoms with Crippen LogP contribution in [-0.4, -0.2) is 151 Å². The van der Waals surface area contributed by atoms with Crippen LogP contribution in [0.5, 0.6) is 0 Å². The molecule has 6 rings (SSSR count). The monoisotopic (exact) mass is 1390 g/mol. The predicted octanol–water partition coefficient (Wildman–Crippen LogP) is 25.3. The molecule has 97 heavy (non-hydrogen) atoms. The summed E-state index contributed by atoms with van der Waals surface area (Å²) in [6, 6.07) is 2.31. The number of halogens is 2. The number of aliphatic hydroxyl groups is 1. The van der Waals surface area contributed by atoms with Gasteiger partial charge in [0.15, 0.2) is 0 Å². The van der Waals surface area contributed by atoms with E-state index in [1.165, 1.54) is 181 Å². The Labute approximate surface area is 610 Å². The van der Waals surface area contributed by atoms with Gasteiger partial charge in [0.2, 0.25) is 0 Å². The molecule has 0 atom stereocenters. The van der Waals surface area contributed by atoms with Crippen molar-refractivity contribution in [2.24, 2.45) is 47.3 Å². The molecule has 592 valence electrons. The molecule has 3 saturated carbocycles. The second-order valence-electron chi connectivity index (χ2n) is 35.4. The standard InChI is InChI=1S/C9H18O.2C9H18.2C8H17N.C8H18O2.C8H18O.C7H15N.C7H16O.C7H16.C6H12F2O/c1-8(2)9(10)6-4-3-5-7-9;4*1-8(2)9-6-4-3-5-7-9;1-7(2)10-8(3,4)6-9-5;1-6-8(4,5)9-7(2)3;1-7(2)8-5-3-4-6-8;1-6(2)7(3,4)8-5;1-6(2)5-7(3)4;1-5(2)9-4-6(3,7)8/h8,10H,3-7H2,1-2H3;2*8-9H,3-7H2,1-2H3;2*8H,3-7H2,1-2H3;7H,6H2,1-5H3;7H,6H2,1-5H3;7H,3-6H2,1-2H3;6H,1-5H3;6-7H,5H2,1-4H3;5H,4H2,1-3H3. The number of piperidine rings is 2. The second-order valence-corrected chi connectivity index (χ2v) is 35.4. The van der Waals surface area contributed by atoms with E-state index in [4.69, 9.17) is 18.9 Å². The lowest BCUT2D eigenvalue weighted by atomic mass is 9.77. The van der Waals surface area contributed by atoms with Crippen LogP contribution in [0.15, 0.2) is 0 Å². The third-order valence-electron chi connectivity index (χ3n) is 20.1. The molecule has 11 heteroatoms. The largest absolute Gasteiger partial charge is 0.390 e. The van der Waals surface area contributed by atoms with E-state index in [0.717, 1.165) is 79.8 Å². The SMILES string of the molecule is CC(C)C1(O)CCCCC1.CC(C)C1CCCCC1.CC(C)C1CCCCC1.CC(C)CC(C)C.CC(C)N1CCCC1.CC(C)N1CCCCC1.CC(C)N1CCCCC1.CC(C)OCC(C)(F)F.CCC(C)(C)OC(C)C.COC(C)(C)C(C)C.COCC(C)(C)OC(C)C. The first kappa shape index (κ1) is 105. The van der Waals surface area contributed by atoms with Gasteiger partial charge in [-0.1, -0.05) is 186 Å². The fraction of sp³-hybridized carbons (Fsp3) is 1.00. The van der Waals surface area contributed by atoms with Crippen LogP contribution in [0.3, 0.4) is 0 Å². The lowest BCUT2D eigenvalue weighted by Gasteiger charge is -2.35. The van der Waals surface area contributed by atoms with Crippen molar-refractivity contribution >= 4 is 0 Å². The molecule has 3 aliphatic heterocycles. The van der Waals surface area contributed by atoms with Crippen LogP contribution in [0.4, 0.5) is 8.78 Å². The van der Waals surface area contributed by atoms with Gasteiger partial charge < -0.3 is 43.5 Å². The van der Waals surface area contributed by atoms with Crippen molar-refractivity contribution in [2.75, 3.05) is 66.7 Å². The summed E-state index contributed by atoms with van der Waals surface area (Å²) < 4.78 is 49.9. The van der Waals surface area contributed by atoms with Crippen LogP contribution in [0, 0.1) is 47.3 Å². The van der Waals surface area contributed by atoms with E-state index in [0.29, 0.717) is 24.5 Å². The maximum absolute atomic E-state index is 12.0. The number of hydrogen-bond acceptors (Lipinski definition) is 9. The van der Waals surface area contributed by atoms with Crippen molar-refractivity contribution in [1.82, 2.24) is 14.7 Å². The third-order valence-corrected chi connectivity index (χ3v) is 20.1. The first-order valence-electron chi connectivity index (χ1n) is 41.0. The highest BCUT2D eigenvalue weighted by Crippen LogP contribution is 2.34. The van der Waals surface area contributed by atoms with Gasteiger partial charge in [-0.2, -0.15) is 0 Å². The van der Waals surface area contributed by atoms with Gasteiger partial charge >= 0.3 is 0 Å². The number of alkyl halides is 2. The highest BCUT2D eigenvalue weighted by Gasteiger charge is 2.32. The molecule has 3 saturated heterocycles. The van der Waals surface area contributed by atoms with E-state index in [1.807, 2.05) is 27.7 Å². The topological polar surface area (TPSA) is 76.1 Å². The summed E-state index contributed by atoms with van der Waals surface area (Å²) in [6.45, 7) is 75.9. The van der Waals surface area contributed by atoms with Crippen LogP contribution in [0.1, 0.15) is 382 Å². The first-order chi connectivity index (χ1) is 44.7. The van der Waals surface area contributed by atoms with Crippen LogP contribution < -0.4 is 0 Å². The molecule has 6 aliphatic rings. The summed E-state index contributed by atoms with van der Waals surface area (Å²) in [4.78, 5) is 7.65. The van der Waals surface area contributed by atoms with Crippen molar-refractivity contribution in [1.29, 1.82) is 0 Å². The average molecular weight is 1390 g/mol. The molecule has 0 aromatic heterocycles. The molecule has 0 radical (unpaired) electrons.